The van der Waals surface area contributed by atoms with Crippen molar-refractivity contribution in [3.05, 3.63) is 12.7 Å². The minimum absolute atomic E-state index is 0.0267. The van der Waals surface area contributed by atoms with Crippen LogP contribution in [0.5, 0.6) is 0 Å². The van der Waals surface area contributed by atoms with E-state index in [1.807, 2.05) is 6.08 Å². The number of hydrogen-bond acceptors (Lipinski definition) is 1. The van der Waals surface area contributed by atoms with Crippen molar-refractivity contribution in [3.8, 4) is 0 Å². The van der Waals surface area contributed by atoms with E-state index in [-0.39, 0.29) is 6.10 Å². The quantitative estimate of drug-likeness (QED) is 0.530. The van der Waals surface area contributed by atoms with E-state index in [0.717, 1.165) is 25.7 Å². The van der Waals surface area contributed by atoms with Gasteiger partial charge in [0.05, 0.1) is 6.10 Å². The first-order valence-corrected chi connectivity index (χ1v) is 3.63. The van der Waals surface area contributed by atoms with Crippen molar-refractivity contribution < 1.29 is 5.11 Å². The van der Waals surface area contributed by atoms with E-state index in [1.54, 1.807) is 0 Å². The molecule has 0 unspecified atom stereocenters. The normalized spacial score (nSPS) is 36.1. The molecule has 1 aliphatic carbocycles. The van der Waals surface area contributed by atoms with Crippen molar-refractivity contribution in [1.82, 2.24) is 0 Å². The number of hydrogen-bond donors (Lipinski definition) is 1. The van der Waals surface area contributed by atoms with Crippen LogP contribution < -0.4 is 0 Å². The van der Waals surface area contributed by atoms with Crippen LogP contribution in [0, 0.1) is 5.92 Å². The highest BCUT2D eigenvalue weighted by Crippen LogP contribution is 2.24. The number of aliphatic hydroxyl groups excluding tert-OH is 1. The molecule has 0 bridgehead atoms. The van der Waals surface area contributed by atoms with E-state index in [1.165, 1.54) is 0 Å². The molecule has 0 aromatic heterocycles. The van der Waals surface area contributed by atoms with Crippen LogP contribution in [0.4, 0.5) is 0 Å². The maximum absolute atomic E-state index is 9.09. The molecule has 1 heteroatoms. The lowest BCUT2D eigenvalue weighted by Gasteiger charge is -2.22. The summed E-state index contributed by atoms with van der Waals surface area (Å²) in [5, 5.41) is 9.09. The average molecular weight is 126 g/mol. The molecule has 0 spiro atoms. The summed E-state index contributed by atoms with van der Waals surface area (Å²) in [4.78, 5) is 0. The first-order valence-electron chi connectivity index (χ1n) is 3.63. The summed E-state index contributed by atoms with van der Waals surface area (Å²) >= 11 is 0. The minimum atomic E-state index is -0.0267. The van der Waals surface area contributed by atoms with E-state index in [9.17, 15) is 0 Å². The van der Waals surface area contributed by atoms with E-state index in [0.29, 0.717) is 5.92 Å². The molecule has 1 rings (SSSR count). The van der Waals surface area contributed by atoms with Gasteiger partial charge in [-0.2, -0.15) is 0 Å². The first kappa shape index (κ1) is 6.81. The zero-order chi connectivity index (χ0) is 6.69. The van der Waals surface area contributed by atoms with Crippen molar-refractivity contribution >= 4 is 0 Å². The topological polar surface area (TPSA) is 20.2 Å². The van der Waals surface area contributed by atoms with Crippen LogP contribution in [0.15, 0.2) is 12.7 Å². The third kappa shape index (κ3) is 1.83. The highest BCUT2D eigenvalue weighted by Gasteiger charge is 2.15. The Hall–Kier alpha value is -0.300. The van der Waals surface area contributed by atoms with Crippen molar-refractivity contribution in [3.63, 3.8) is 0 Å². The van der Waals surface area contributed by atoms with Crippen molar-refractivity contribution in [2.45, 2.75) is 31.8 Å². The van der Waals surface area contributed by atoms with Crippen LogP contribution in [0.25, 0.3) is 0 Å². The first-order chi connectivity index (χ1) is 4.33. The van der Waals surface area contributed by atoms with Crippen molar-refractivity contribution in [2.75, 3.05) is 0 Å². The van der Waals surface area contributed by atoms with Gasteiger partial charge in [0, 0.05) is 0 Å². The summed E-state index contributed by atoms with van der Waals surface area (Å²) in [6.07, 6.45) is 6.18. The van der Waals surface area contributed by atoms with Gasteiger partial charge in [0.25, 0.3) is 0 Å². The summed E-state index contributed by atoms with van der Waals surface area (Å²) in [5.74, 6) is 0.674. The maximum atomic E-state index is 9.09. The molecule has 0 atom stereocenters. The molecular weight excluding hydrogens is 112 g/mol. The summed E-state index contributed by atoms with van der Waals surface area (Å²) < 4.78 is 0. The maximum Gasteiger partial charge on any atom is 0.0540 e. The molecule has 0 saturated heterocycles. The SMILES string of the molecule is C=CC1CCC(O)CC1. The molecule has 0 heterocycles. The van der Waals surface area contributed by atoms with Crippen LogP contribution in [-0.2, 0) is 0 Å². The van der Waals surface area contributed by atoms with Crippen LogP contribution >= 0.6 is 0 Å². The second-order valence-corrected chi connectivity index (χ2v) is 2.80. The lowest BCUT2D eigenvalue weighted by molar-refractivity contribution is 0.118. The molecular formula is C8H14O. The van der Waals surface area contributed by atoms with Crippen LogP contribution in [-0.4, -0.2) is 11.2 Å². The molecule has 1 aliphatic rings. The fourth-order valence-corrected chi connectivity index (χ4v) is 1.34. The van der Waals surface area contributed by atoms with Crippen LogP contribution in [0.3, 0.4) is 0 Å². The Kier molecular flexibility index (Phi) is 2.29. The van der Waals surface area contributed by atoms with Gasteiger partial charge >= 0.3 is 0 Å². The summed E-state index contributed by atoms with van der Waals surface area (Å²) in [6.45, 7) is 3.73. The Balaban J connectivity index is 2.26. The fraction of sp³-hybridized carbons (Fsp3) is 0.750. The third-order valence-electron chi connectivity index (χ3n) is 2.07. The van der Waals surface area contributed by atoms with E-state index in [4.69, 9.17) is 5.11 Å². The van der Waals surface area contributed by atoms with Gasteiger partial charge in [-0.15, -0.1) is 6.58 Å². The monoisotopic (exact) mass is 126 g/mol. The van der Waals surface area contributed by atoms with Crippen LogP contribution in [0.1, 0.15) is 25.7 Å². The Morgan fingerprint density at radius 2 is 1.78 bits per heavy atom. The fourth-order valence-electron chi connectivity index (χ4n) is 1.34. The second-order valence-electron chi connectivity index (χ2n) is 2.80. The third-order valence-corrected chi connectivity index (χ3v) is 2.07. The van der Waals surface area contributed by atoms with Gasteiger partial charge in [-0.3, -0.25) is 0 Å². The highest BCUT2D eigenvalue weighted by atomic mass is 16.3. The number of rotatable bonds is 1. The molecule has 9 heavy (non-hydrogen) atoms. The largest absolute Gasteiger partial charge is 0.393 e. The highest BCUT2D eigenvalue weighted by molar-refractivity contribution is 4.83. The second kappa shape index (κ2) is 3.02. The van der Waals surface area contributed by atoms with E-state index in [2.05, 4.69) is 6.58 Å². The molecule has 0 amide bonds. The lowest BCUT2D eigenvalue weighted by atomic mass is 9.88. The van der Waals surface area contributed by atoms with Gasteiger partial charge in [0.15, 0.2) is 0 Å². The van der Waals surface area contributed by atoms with Gasteiger partial charge in [-0.25, -0.2) is 0 Å². The smallest absolute Gasteiger partial charge is 0.0540 e. The predicted molar refractivity (Wildman–Crippen MR) is 38.2 cm³/mol. The van der Waals surface area contributed by atoms with Crippen LogP contribution in [0.2, 0.25) is 0 Å². The molecule has 1 nitrogen and oxygen atoms in total. The molecule has 0 aromatic rings. The molecule has 1 saturated carbocycles. The lowest BCUT2D eigenvalue weighted by Crippen LogP contribution is -2.16. The Labute approximate surface area is 56.4 Å². The van der Waals surface area contributed by atoms with Gasteiger partial charge in [0.2, 0.25) is 0 Å². The summed E-state index contributed by atoms with van der Waals surface area (Å²) in [7, 11) is 0. The minimum Gasteiger partial charge on any atom is -0.393 e. The van der Waals surface area contributed by atoms with Gasteiger partial charge in [-0.05, 0) is 31.6 Å². The number of aliphatic hydroxyl groups is 1. The zero-order valence-corrected chi connectivity index (χ0v) is 5.71. The van der Waals surface area contributed by atoms with E-state index < -0.39 is 0 Å². The molecule has 0 radical (unpaired) electrons. The van der Waals surface area contributed by atoms with E-state index >= 15 is 0 Å². The summed E-state index contributed by atoms with van der Waals surface area (Å²) in [6, 6.07) is 0. The Bertz CT molecular complexity index is 90.7. The van der Waals surface area contributed by atoms with Gasteiger partial charge in [-0.1, -0.05) is 6.08 Å². The molecule has 52 valence electrons. The van der Waals surface area contributed by atoms with Crippen molar-refractivity contribution in [1.29, 1.82) is 0 Å². The molecule has 0 aromatic carbocycles. The number of allylic oxidation sites excluding steroid dienone is 1. The van der Waals surface area contributed by atoms with Gasteiger partial charge in [0.1, 0.15) is 0 Å². The molecule has 0 aliphatic heterocycles. The van der Waals surface area contributed by atoms with Crippen molar-refractivity contribution in [2.24, 2.45) is 5.92 Å². The Morgan fingerprint density at radius 1 is 1.22 bits per heavy atom. The standard InChI is InChI=1S/C8H14O/c1-2-7-3-5-8(9)6-4-7/h2,7-9H,1,3-6H2. The predicted octanol–water partition coefficient (Wildman–Crippen LogP) is 1.72. The Morgan fingerprint density at radius 3 is 2.22 bits per heavy atom. The average Bonchev–Trinajstić information content (AvgIpc) is 1.90. The van der Waals surface area contributed by atoms with Gasteiger partial charge < -0.3 is 5.11 Å². The zero-order valence-electron chi connectivity index (χ0n) is 5.71. The molecule has 1 N–H and O–H groups in total. The molecule has 1 fully saturated rings. The summed E-state index contributed by atoms with van der Waals surface area (Å²) in [5.41, 5.74) is 0.